The van der Waals surface area contributed by atoms with E-state index in [1.165, 1.54) is 6.26 Å². The van der Waals surface area contributed by atoms with Gasteiger partial charge in [0.05, 0.1) is 31.6 Å². The molecule has 2 fully saturated rings. The number of pyridine rings is 1. The number of piperazine rings is 1. The molecule has 0 spiro atoms. The lowest BCUT2D eigenvalue weighted by molar-refractivity contribution is 0.0740. The number of benzene rings is 1. The number of hydrogen-bond acceptors (Lipinski definition) is 8. The lowest BCUT2D eigenvalue weighted by Crippen LogP contribution is -2.49. The Kier molecular flexibility index (Phi) is 8.05. The Hall–Kier alpha value is -4.28. The van der Waals surface area contributed by atoms with Crippen molar-refractivity contribution in [1.29, 1.82) is 10.0 Å². The number of para-hydroxylation sites is 1. The van der Waals surface area contributed by atoms with Gasteiger partial charge in [-0.1, -0.05) is 30.3 Å². The highest BCUT2D eigenvalue weighted by Gasteiger charge is 2.28. The van der Waals surface area contributed by atoms with E-state index in [0.29, 0.717) is 42.3 Å². The molecule has 2 aromatic carbocycles. The van der Waals surface area contributed by atoms with Crippen molar-refractivity contribution >= 4 is 32.8 Å². The van der Waals surface area contributed by atoms with E-state index in [-0.39, 0.29) is 11.9 Å². The third-order valence-corrected chi connectivity index (χ3v) is 9.06. The minimum absolute atomic E-state index is 0.0887. The predicted molar refractivity (Wildman–Crippen MR) is 161 cm³/mol. The normalized spacial score (nSPS) is 17.4. The minimum atomic E-state index is -2.86. The quantitative estimate of drug-likeness (QED) is 0.456. The SMILES string of the molecule is Cc1cc(C)c(C(=O)N2CCN(c3ccccc3S(C)(=N)=O)CC2)nc1NC1CCN(c2cc#ccc2C#N)CC1. The Labute approximate surface area is 242 Å². The number of carbonyl (C=O) groups excluding carboxylic acids is 1. The van der Waals surface area contributed by atoms with Crippen molar-refractivity contribution in [2.75, 3.05) is 60.6 Å². The molecule has 1 unspecified atom stereocenters. The number of rotatable bonds is 6. The largest absolute Gasteiger partial charge is 0.370 e. The molecule has 0 radical (unpaired) electrons. The van der Waals surface area contributed by atoms with Crippen LogP contribution in [0.15, 0.2) is 47.4 Å². The van der Waals surface area contributed by atoms with Gasteiger partial charge in [0.2, 0.25) is 0 Å². The third kappa shape index (κ3) is 6.08. The molecule has 2 N–H and O–H groups in total. The molecule has 212 valence electrons. The lowest BCUT2D eigenvalue weighted by atomic mass is 10.0. The molecule has 0 aliphatic carbocycles. The summed E-state index contributed by atoms with van der Waals surface area (Å²) in [6.45, 7) is 7.78. The van der Waals surface area contributed by atoms with Crippen molar-refractivity contribution in [3.63, 3.8) is 0 Å². The topological polar surface area (TPSA) is 116 Å². The van der Waals surface area contributed by atoms with Gasteiger partial charge in [0.15, 0.2) is 0 Å². The van der Waals surface area contributed by atoms with Crippen molar-refractivity contribution in [1.82, 2.24) is 9.88 Å². The Morgan fingerprint density at radius 3 is 2.37 bits per heavy atom. The van der Waals surface area contributed by atoms with Gasteiger partial charge >= 0.3 is 0 Å². The molecule has 1 amide bonds. The average Bonchev–Trinajstić information content (AvgIpc) is 2.98. The lowest BCUT2D eigenvalue weighted by Gasteiger charge is -2.37. The Morgan fingerprint density at radius 2 is 1.68 bits per heavy atom. The highest BCUT2D eigenvalue weighted by Crippen LogP contribution is 2.28. The van der Waals surface area contributed by atoms with E-state index >= 15 is 0 Å². The van der Waals surface area contributed by atoms with Gasteiger partial charge in [0.25, 0.3) is 5.91 Å². The monoisotopic (exact) mass is 569 g/mol. The molecule has 0 saturated carbocycles. The summed E-state index contributed by atoms with van der Waals surface area (Å²) in [7, 11) is -2.86. The average molecular weight is 570 g/mol. The summed E-state index contributed by atoms with van der Waals surface area (Å²) in [4.78, 5) is 25.1. The van der Waals surface area contributed by atoms with Gasteiger partial charge < -0.3 is 20.0 Å². The Morgan fingerprint density at radius 1 is 1.02 bits per heavy atom. The van der Waals surface area contributed by atoms with Crippen LogP contribution in [0.4, 0.5) is 17.2 Å². The Bertz CT molecular complexity index is 1580. The van der Waals surface area contributed by atoms with Crippen molar-refractivity contribution in [2.24, 2.45) is 0 Å². The number of aryl methyl sites for hydroxylation is 2. The third-order valence-electron chi connectivity index (χ3n) is 7.88. The number of amides is 1. The molecule has 3 heterocycles. The van der Waals surface area contributed by atoms with Crippen LogP contribution in [0, 0.1) is 42.1 Å². The summed E-state index contributed by atoms with van der Waals surface area (Å²) in [5.41, 5.74) is 4.62. The number of anilines is 3. The van der Waals surface area contributed by atoms with Crippen LogP contribution in [0.1, 0.15) is 40.0 Å². The molecular formula is C31H35N7O2S. The molecule has 2 saturated heterocycles. The fourth-order valence-corrected chi connectivity index (χ4v) is 6.58. The zero-order chi connectivity index (χ0) is 29.1. The maximum atomic E-state index is 13.6. The van der Waals surface area contributed by atoms with E-state index in [4.69, 9.17) is 9.76 Å². The molecule has 1 aromatic heterocycles. The van der Waals surface area contributed by atoms with Crippen molar-refractivity contribution in [3.8, 4) is 6.07 Å². The van der Waals surface area contributed by atoms with Gasteiger partial charge in [-0.25, -0.2) is 14.0 Å². The predicted octanol–water partition coefficient (Wildman–Crippen LogP) is 4.25. The second kappa shape index (κ2) is 11.7. The molecule has 41 heavy (non-hydrogen) atoms. The van der Waals surface area contributed by atoms with E-state index in [1.807, 2.05) is 49.1 Å². The van der Waals surface area contributed by atoms with Gasteiger partial charge in [-0.2, -0.15) is 5.26 Å². The second-order valence-corrected chi connectivity index (χ2v) is 12.9. The molecule has 2 aliphatic rings. The first kappa shape index (κ1) is 28.3. The summed E-state index contributed by atoms with van der Waals surface area (Å²) < 4.78 is 20.6. The smallest absolute Gasteiger partial charge is 0.272 e. The van der Waals surface area contributed by atoms with Crippen LogP contribution in [0.25, 0.3) is 0 Å². The molecule has 10 heteroatoms. The first-order valence-electron chi connectivity index (χ1n) is 13.8. The van der Waals surface area contributed by atoms with Crippen LogP contribution in [0.5, 0.6) is 0 Å². The number of carbonyl (C=O) groups is 1. The van der Waals surface area contributed by atoms with Crippen LogP contribution in [0.3, 0.4) is 0 Å². The number of nitrogens with one attached hydrogen (secondary N) is 2. The highest BCUT2D eigenvalue weighted by molar-refractivity contribution is 7.91. The summed E-state index contributed by atoms with van der Waals surface area (Å²) in [6, 6.07) is 21.1. The van der Waals surface area contributed by atoms with E-state index in [9.17, 15) is 14.3 Å². The Balaban J connectivity index is 1.24. The van der Waals surface area contributed by atoms with Gasteiger partial charge in [-0.05, 0) is 49.9 Å². The van der Waals surface area contributed by atoms with Gasteiger partial charge in [-0.15, -0.1) is 0 Å². The zero-order valence-electron chi connectivity index (χ0n) is 23.7. The van der Waals surface area contributed by atoms with Crippen LogP contribution in [-0.2, 0) is 9.73 Å². The van der Waals surface area contributed by atoms with Gasteiger partial charge in [-0.3, -0.25) is 4.79 Å². The molecule has 2 aliphatic heterocycles. The van der Waals surface area contributed by atoms with E-state index in [1.54, 1.807) is 12.1 Å². The molecular weight excluding hydrogens is 534 g/mol. The highest BCUT2D eigenvalue weighted by atomic mass is 32.2. The van der Waals surface area contributed by atoms with Crippen LogP contribution < -0.4 is 15.1 Å². The van der Waals surface area contributed by atoms with Crippen LogP contribution >= 0.6 is 0 Å². The molecule has 5 rings (SSSR count). The standard InChI is InChI=1S/C31H35N7O2S/c1-22-20-23(2)30(34-25-12-14-36(15-13-25)26-9-5-4-8-24(26)21-32)35-29(22)31(39)38-18-16-37(17-19-38)27-10-6-7-11-28(27)41(3,33)40/h6-11,20,25,33H,12-19H2,1-3H3,(H,34,35). The van der Waals surface area contributed by atoms with E-state index < -0.39 is 9.73 Å². The summed E-state index contributed by atoms with van der Waals surface area (Å²) in [6.07, 6.45) is 3.21. The van der Waals surface area contributed by atoms with E-state index in [0.717, 1.165) is 54.3 Å². The number of nitriles is 1. The molecule has 3 aromatic rings. The van der Waals surface area contributed by atoms with Gasteiger partial charge in [0.1, 0.15) is 17.6 Å². The second-order valence-electron chi connectivity index (χ2n) is 10.8. The number of piperidine rings is 1. The van der Waals surface area contributed by atoms with Crippen molar-refractivity contribution < 1.29 is 9.00 Å². The van der Waals surface area contributed by atoms with Crippen LogP contribution in [-0.4, -0.2) is 71.6 Å². The maximum absolute atomic E-state index is 13.6. The summed E-state index contributed by atoms with van der Waals surface area (Å²) in [5, 5.41) is 13.0. The first-order valence-corrected chi connectivity index (χ1v) is 15.8. The van der Waals surface area contributed by atoms with E-state index in [2.05, 4.69) is 33.3 Å². The molecule has 9 nitrogen and oxygen atoms in total. The van der Waals surface area contributed by atoms with Crippen LogP contribution in [0.2, 0.25) is 0 Å². The first-order chi connectivity index (χ1) is 19.7. The zero-order valence-corrected chi connectivity index (χ0v) is 24.6. The molecule has 1 atom stereocenters. The summed E-state index contributed by atoms with van der Waals surface area (Å²) >= 11 is 0. The summed E-state index contributed by atoms with van der Waals surface area (Å²) in [5.74, 6) is 0.646. The fourth-order valence-electron chi connectivity index (χ4n) is 5.65. The fraction of sp³-hybridized carbons (Fsp3) is 0.387. The molecule has 0 bridgehead atoms. The van der Waals surface area contributed by atoms with Crippen molar-refractivity contribution in [3.05, 3.63) is 77.0 Å². The van der Waals surface area contributed by atoms with Gasteiger partial charge in [0, 0.05) is 63.7 Å². The number of hydrogen-bond donors (Lipinski definition) is 2. The minimum Gasteiger partial charge on any atom is -0.370 e. The van der Waals surface area contributed by atoms with Crippen molar-refractivity contribution in [2.45, 2.75) is 37.6 Å². The number of nitrogens with zero attached hydrogens (tertiary/aromatic N) is 5. The number of aromatic nitrogens is 1. The maximum Gasteiger partial charge on any atom is 0.272 e.